The number of amides is 1. The van der Waals surface area contributed by atoms with E-state index < -0.39 is 0 Å². The summed E-state index contributed by atoms with van der Waals surface area (Å²) in [6, 6.07) is 10.5. The number of nitrogens with zero attached hydrogens (tertiary/aromatic N) is 5. The zero-order valence-electron chi connectivity index (χ0n) is 21.0. The molecule has 0 radical (unpaired) electrons. The summed E-state index contributed by atoms with van der Waals surface area (Å²) in [7, 11) is 0. The van der Waals surface area contributed by atoms with Crippen LogP contribution in [-0.4, -0.2) is 56.7 Å². The second-order valence-corrected chi connectivity index (χ2v) is 11.0. The molecule has 192 valence electrons. The standard InChI is InChI=1S/C27H28FN5O2S2/c1-4-18(3)33-26(35)22(37-27(33)36)15-19-24(29-23-10-9-17(2)16-32(23)25(19)34)31-13-11-30(12-14-31)21-8-6-5-7-20(21)28/h5-10,15-16,18H,4,11-14H2,1-3H3/b22-15-/t18-/m1/s1. The van der Waals surface area contributed by atoms with Crippen LogP contribution in [-0.2, 0) is 4.79 Å². The lowest BCUT2D eigenvalue weighted by Crippen LogP contribution is -2.47. The van der Waals surface area contributed by atoms with E-state index in [2.05, 4.69) is 0 Å². The van der Waals surface area contributed by atoms with Gasteiger partial charge in [-0.1, -0.05) is 49.1 Å². The number of carbonyl (C=O) groups is 1. The number of hydrogen-bond donors (Lipinski definition) is 0. The quantitative estimate of drug-likeness (QED) is 0.352. The van der Waals surface area contributed by atoms with Crippen molar-refractivity contribution < 1.29 is 9.18 Å². The molecule has 1 aromatic carbocycles. The molecule has 0 N–H and O–H groups in total. The first kappa shape index (κ1) is 25.4. The minimum atomic E-state index is -0.252. The molecule has 2 saturated heterocycles. The van der Waals surface area contributed by atoms with Gasteiger partial charge in [0.2, 0.25) is 0 Å². The third kappa shape index (κ3) is 4.75. The lowest BCUT2D eigenvalue weighted by molar-refractivity contribution is -0.123. The van der Waals surface area contributed by atoms with Crippen LogP contribution in [0.25, 0.3) is 11.7 Å². The number of carbonyl (C=O) groups excluding carboxylic acids is 1. The zero-order chi connectivity index (χ0) is 26.3. The van der Waals surface area contributed by atoms with Gasteiger partial charge >= 0.3 is 0 Å². The number of benzene rings is 1. The number of anilines is 2. The molecule has 3 aromatic rings. The van der Waals surface area contributed by atoms with Crippen molar-refractivity contribution in [2.75, 3.05) is 36.0 Å². The van der Waals surface area contributed by atoms with Crippen LogP contribution in [0.2, 0.25) is 0 Å². The second kappa shape index (κ2) is 10.3. The number of piperazine rings is 1. The lowest BCUT2D eigenvalue weighted by Gasteiger charge is -2.37. The monoisotopic (exact) mass is 537 g/mol. The molecule has 1 atom stereocenters. The molecule has 7 nitrogen and oxygen atoms in total. The Hall–Kier alpha value is -3.24. The molecule has 0 saturated carbocycles. The topological polar surface area (TPSA) is 61.2 Å². The van der Waals surface area contributed by atoms with Gasteiger partial charge in [0.15, 0.2) is 0 Å². The number of fused-ring (bicyclic) bond motifs is 1. The molecule has 0 aliphatic carbocycles. The zero-order valence-corrected chi connectivity index (χ0v) is 22.6. The van der Waals surface area contributed by atoms with Gasteiger partial charge in [-0.05, 0) is 50.1 Å². The molecule has 5 rings (SSSR count). The van der Waals surface area contributed by atoms with E-state index in [1.54, 1.807) is 29.3 Å². The Morgan fingerprint density at radius 2 is 1.81 bits per heavy atom. The fourth-order valence-electron chi connectivity index (χ4n) is 4.66. The summed E-state index contributed by atoms with van der Waals surface area (Å²) in [5.41, 5.74) is 2.14. The summed E-state index contributed by atoms with van der Waals surface area (Å²) >= 11 is 6.71. The van der Waals surface area contributed by atoms with E-state index in [0.717, 1.165) is 12.0 Å². The molecule has 2 aromatic heterocycles. The van der Waals surface area contributed by atoms with Crippen LogP contribution < -0.4 is 15.4 Å². The predicted molar refractivity (Wildman–Crippen MR) is 152 cm³/mol. The van der Waals surface area contributed by atoms with Crippen LogP contribution in [0.5, 0.6) is 0 Å². The van der Waals surface area contributed by atoms with Crippen molar-refractivity contribution in [3.8, 4) is 0 Å². The van der Waals surface area contributed by atoms with E-state index in [0.29, 0.717) is 58.1 Å². The minimum Gasteiger partial charge on any atom is -0.366 e. The Bertz CT molecular complexity index is 1480. The van der Waals surface area contributed by atoms with Crippen molar-refractivity contribution in [1.29, 1.82) is 0 Å². The first-order valence-electron chi connectivity index (χ1n) is 12.3. The van der Waals surface area contributed by atoms with Gasteiger partial charge in [0.1, 0.15) is 21.6 Å². The fourth-order valence-corrected chi connectivity index (χ4v) is 6.10. The summed E-state index contributed by atoms with van der Waals surface area (Å²) in [6.45, 7) is 8.14. The highest BCUT2D eigenvalue weighted by Crippen LogP contribution is 2.35. The van der Waals surface area contributed by atoms with Gasteiger partial charge < -0.3 is 9.80 Å². The maximum atomic E-state index is 14.4. The number of aryl methyl sites for hydroxylation is 1. The molecule has 10 heteroatoms. The first-order chi connectivity index (χ1) is 17.8. The van der Waals surface area contributed by atoms with Crippen molar-refractivity contribution in [3.63, 3.8) is 0 Å². The first-order valence-corrected chi connectivity index (χ1v) is 13.6. The molecular formula is C27H28FN5O2S2. The summed E-state index contributed by atoms with van der Waals surface area (Å²) in [6.07, 6.45) is 4.17. The average molecular weight is 538 g/mol. The maximum absolute atomic E-state index is 14.4. The van der Waals surface area contributed by atoms with Gasteiger partial charge in [0.25, 0.3) is 11.5 Å². The maximum Gasteiger partial charge on any atom is 0.267 e. The minimum absolute atomic E-state index is 0.0252. The molecule has 2 fully saturated rings. The number of thioether (sulfide) groups is 1. The summed E-state index contributed by atoms with van der Waals surface area (Å²) < 4.78 is 16.4. The highest BCUT2D eigenvalue weighted by Gasteiger charge is 2.35. The summed E-state index contributed by atoms with van der Waals surface area (Å²) in [4.78, 5) is 37.9. The van der Waals surface area contributed by atoms with Crippen LogP contribution in [0.1, 0.15) is 31.4 Å². The molecule has 37 heavy (non-hydrogen) atoms. The van der Waals surface area contributed by atoms with Crippen molar-refractivity contribution in [3.05, 3.63) is 74.8 Å². The van der Waals surface area contributed by atoms with Crippen LogP contribution in [0.3, 0.4) is 0 Å². The number of para-hydroxylation sites is 1. The third-order valence-corrected chi connectivity index (χ3v) is 8.22. The number of aromatic nitrogens is 2. The third-order valence-electron chi connectivity index (χ3n) is 6.89. The predicted octanol–water partition coefficient (Wildman–Crippen LogP) is 4.47. The molecule has 2 aliphatic rings. The second-order valence-electron chi connectivity index (χ2n) is 9.32. The van der Waals surface area contributed by atoms with Crippen LogP contribution in [0, 0.1) is 12.7 Å². The summed E-state index contributed by atoms with van der Waals surface area (Å²) in [5.74, 6) is 0.0849. The lowest BCUT2D eigenvalue weighted by atomic mass is 10.2. The van der Waals surface area contributed by atoms with E-state index >= 15 is 0 Å². The van der Waals surface area contributed by atoms with Crippen molar-refractivity contribution in [1.82, 2.24) is 14.3 Å². The fraction of sp³-hybridized carbons (Fsp3) is 0.333. The van der Waals surface area contributed by atoms with E-state index in [1.165, 1.54) is 22.2 Å². The Morgan fingerprint density at radius 3 is 2.51 bits per heavy atom. The molecule has 1 amide bonds. The Kier molecular flexibility index (Phi) is 7.04. The van der Waals surface area contributed by atoms with Gasteiger partial charge in [-0.2, -0.15) is 0 Å². The molecule has 4 heterocycles. The van der Waals surface area contributed by atoms with Gasteiger partial charge in [-0.3, -0.25) is 18.9 Å². The number of pyridine rings is 1. The Morgan fingerprint density at radius 1 is 1.11 bits per heavy atom. The molecule has 0 spiro atoms. The van der Waals surface area contributed by atoms with Gasteiger partial charge in [-0.25, -0.2) is 9.37 Å². The number of rotatable bonds is 5. The SMILES string of the molecule is CC[C@@H](C)N1C(=O)/C(=C/c2c(N3CCN(c4ccccc4F)CC3)nc3ccc(C)cn3c2=O)SC1=S. The van der Waals surface area contributed by atoms with E-state index in [9.17, 15) is 14.0 Å². The highest BCUT2D eigenvalue weighted by atomic mass is 32.2. The number of thiocarbonyl (C=S) groups is 1. The Labute approximate surface area is 224 Å². The summed E-state index contributed by atoms with van der Waals surface area (Å²) in [5, 5.41) is 0. The molecular weight excluding hydrogens is 509 g/mol. The van der Waals surface area contributed by atoms with E-state index in [1.807, 2.05) is 48.8 Å². The van der Waals surface area contributed by atoms with E-state index in [4.69, 9.17) is 17.2 Å². The highest BCUT2D eigenvalue weighted by molar-refractivity contribution is 8.26. The molecule has 0 bridgehead atoms. The van der Waals surface area contributed by atoms with Gasteiger partial charge in [0, 0.05) is 38.4 Å². The van der Waals surface area contributed by atoms with E-state index in [-0.39, 0.29) is 23.3 Å². The largest absolute Gasteiger partial charge is 0.366 e. The van der Waals surface area contributed by atoms with Crippen molar-refractivity contribution >= 4 is 57.4 Å². The van der Waals surface area contributed by atoms with Crippen LogP contribution in [0.4, 0.5) is 15.9 Å². The normalized spacial score (nSPS) is 18.4. The molecule has 2 aliphatic heterocycles. The smallest absolute Gasteiger partial charge is 0.267 e. The number of halogens is 1. The average Bonchev–Trinajstić information content (AvgIpc) is 3.18. The molecule has 0 unspecified atom stereocenters. The van der Waals surface area contributed by atoms with Gasteiger partial charge in [0.05, 0.1) is 16.2 Å². The van der Waals surface area contributed by atoms with Crippen molar-refractivity contribution in [2.24, 2.45) is 0 Å². The van der Waals surface area contributed by atoms with Crippen molar-refractivity contribution in [2.45, 2.75) is 33.2 Å². The van der Waals surface area contributed by atoms with Crippen LogP contribution in [0.15, 0.2) is 52.3 Å². The Balaban J connectivity index is 1.55. The van der Waals surface area contributed by atoms with Gasteiger partial charge in [-0.15, -0.1) is 0 Å². The number of hydrogen-bond acceptors (Lipinski definition) is 7. The van der Waals surface area contributed by atoms with Crippen LogP contribution >= 0.6 is 24.0 Å².